The molecule has 126 valence electrons. The number of rotatable bonds is 6. The molecule has 1 fully saturated rings. The fraction of sp³-hybridized carbons (Fsp3) is 0.350. The average Bonchev–Trinajstić information content (AvgIpc) is 2.66. The Morgan fingerprint density at radius 2 is 1.79 bits per heavy atom. The Morgan fingerprint density at radius 1 is 1.08 bits per heavy atom. The van der Waals surface area contributed by atoms with Gasteiger partial charge in [0.05, 0.1) is 12.7 Å². The number of amides is 1. The molecule has 1 aliphatic rings. The molecular formula is C20H24N2O2. The summed E-state index contributed by atoms with van der Waals surface area (Å²) in [5.41, 5.74) is 2.05. The second-order valence-corrected chi connectivity index (χ2v) is 6.11. The maximum Gasteiger partial charge on any atom is 0.251 e. The van der Waals surface area contributed by atoms with Crippen molar-refractivity contribution in [2.75, 3.05) is 32.8 Å². The van der Waals surface area contributed by atoms with Gasteiger partial charge in [-0.15, -0.1) is 0 Å². The van der Waals surface area contributed by atoms with Gasteiger partial charge in [0.15, 0.2) is 0 Å². The van der Waals surface area contributed by atoms with Crippen LogP contribution in [0.1, 0.15) is 15.9 Å². The fourth-order valence-corrected chi connectivity index (χ4v) is 2.94. The lowest BCUT2D eigenvalue weighted by atomic mass is 10.1. The van der Waals surface area contributed by atoms with E-state index in [9.17, 15) is 4.79 Å². The summed E-state index contributed by atoms with van der Waals surface area (Å²) in [7, 11) is 0. The van der Waals surface area contributed by atoms with E-state index in [1.807, 2.05) is 36.4 Å². The van der Waals surface area contributed by atoms with Gasteiger partial charge in [-0.05, 0) is 24.1 Å². The van der Waals surface area contributed by atoms with Gasteiger partial charge >= 0.3 is 0 Å². The van der Waals surface area contributed by atoms with Crippen molar-refractivity contribution >= 4 is 5.91 Å². The van der Waals surface area contributed by atoms with Gasteiger partial charge < -0.3 is 10.1 Å². The number of carbonyl (C=O) groups is 1. The molecule has 0 bridgehead atoms. The summed E-state index contributed by atoms with van der Waals surface area (Å²) in [6.45, 7) is 4.12. The van der Waals surface area contributed by atoms with Crippen LogP contribution < -0.4 is 5.32 Å². The third-order valence-corrected chi connectivity index (χ3v) is 4.31. The molecule has 3 rings (SSSR count). The second kappa shape index (κ2) is 8.62. The lowest BCUT2D eigenvalue weighted by Crippen LogP contribution is -2.48. The van der Waals surface area contributed by atoms with Crippen LogP contribution in [0, 0.1) is 0 Å². The number of nitrogens with zero attached hydrogens (tertiary/aromatic N) is 1. The quantitative estimate of drug-likeness (QED) is 0.887. The molecular weight excluding hydrogens is 300 g/mol. The molecule has 0 aliphatic carbocycles. The summed E-state index contributed by atoms with van der Waals surface area (Å²) in [5.74, 6) is -0.0411. The second-order valence-electron chi connectivity index (χ2n) is 6.11. The Balaban J connectivity index is 1.43. The summed E-state index contributed by atoms with van der Waals surface area (Å²) < 4.78 is 5.79. The van der Waals surface area contributed by atoms with Crippen molar-refractivity contribution in [1.29, 1.82) is 0 Å². The zero-order chi connectivity index (χ0) is 16.6. The molecule has 1 saturated heterocycles. The molecule has 0 spiro atoms. The van der Waals surface area contributed by atoms with Crippen molar-refractivity contribution in [2.45, 2.75) is 12.5 Å². The number of morpholine rings is 1. The topological polar surface area (TPSA) is 41.6 Å². The van der Waals surface area contributed by atoms with Crippen LogP contribution >= 0.6 is 0 Å². The van der Waals surface area contributed by atoms with Crippen LogP contribution in [-0.2, 0) is 11.2 Å². The number of carbonyl (C=O) groups excluding carboxylic acids is 1. The van der Waals surface area contributed by atoms with E-state index in [0.717, 1.165) is 32.7 Å². The van der Waals surface area contributed by atoms with Crippen molar-refractivity contribution in [1.82, 2.24) is 10.2 Å². The molecule has 4 nitrogen and oxygen atoms in total. The highest BCUT2D eigenvalue weighted by Gasteiger charge is 2.20. The molecule has 1 unspecified atom stereocenters. The Bertz CT molecular complexity index is 631. The molecule has 4 heteroatoms. The first-order valence-corrected chi connectivity index (χ1v) is 8.52. The molecule has 2 aromatic rings. The van der Waals surface area contributed by atoms with E-state index in [0.29, 0.717) is 12.1 Å². The van der Waals surface area contributed by atoms with Crippen molar-refractivity contribution in [3.05, 3.63) is 71.8 Å². The number of hydrogen-bond donors (Lipinski definition) is 1. The molecule has 24 heavy (non-hydrogen) atoms. The molecule has 0 saturated carbocycles. The lowest BCUT2D eigenvalue weighted by molar-refractivity contribution is -0.0259. The first kappa shape index (κ1) is 16.7. The monoisotopic (exact) mass is 324 g/mol. The normalized spacial score (nSPS) is 18.2. The zero-order valence-corrected chi connectivity index (χ0v) is 13.9. The van der Waals surface area contributed by atoms with Crippen LogP contribution in [0.25, 0.3) is 0 Å². The number of hydrogen-bond acceptors (Lipinski definition) is 3. The number of benzene rings is 2. The third-order valence-electron chi connectivity index (χ3n) is 4.31. The average molecular weight is 324 g/mol. The fourth-order valence-electron chi connectivity index (χ4n) is 2.94. The molecule has 1 N–H and O–H groups in total. The molecule has 2 aromatic carbocycles. The molecule has 1 heterocycles. The van der Waals surface area contributed by atoms with E-state index in [1.54, 1.807) is 0 Å². The van der Waals surface area contributed by atoms with Gasteiger partial charge in [-0.3, -0.25) is 9.69 Å². The Labute approximate surface area is 143 Å². The maximum absolute atomic E-state index is 12.1. The van der Waals surface area contributed by atoms with E-state index in [1.165, 1.54) is 5.56 Å². The van der Waals surface area contributed by atoms with E-state index in [2.05, 4.69) is 34.5 Å². The van der Waals surface area contributed by atoms with Gasteiger partial charge in [-0.2, -0.15) is 0 Å². The van der Waals surface area contributed by atoms with Gasteiger partial charge in [0, 0.05) is 31.7 Å². The van der Waals surface area contributed by atoms with Crippen LogP contribution in [0.2, 0.25) is 0 Å². The van der Waals surface area contributed by atoms with E-state index < -0.39 is 0 Å². The van der Waals surface area contributed by atoms with E-state index >= 15 is 0 Å². The van der Waals surface area contributed by atoms with Crippen molar-refractivity contribution in [2.24, 2.45) is 0 Å². The highest BCUT2D eigenvalue weighted by atomic mass is 16.5. The van der Waals surface area contributed by atoms with Gasteiger partial charge in [-0.1, -0.05) is 48.5 Å². The van der Waals surface area contributed by atoms with Gasteiger partial charge in [-0.25, -0.2) is 0 Å². The predicted molar refractivity (Wildman–Crippen MR) is 95.1 cm³/mol. The largest absolute Gasteiger partial charge is 0.374 e. The molecule has 1 amide bonds. The van der Waals surface area contributed by atoms with Crippen LogP contribution in [0.4, 0.5) is 0 Å². The first-order valence-electron chi connectivity index (χ1n) is 8.52. The van der Waals surface area contributed by atoms with Gasteiger partial charge in [0.2, 0.25) is 0 Å². The summed E-state index contributed by atoms with van der Waals surface area (Å²) in [6, 6.07) is 19.8. The Morgan fingerprint density at radius 3 is 2.54 bits per heavy atom. The summed E-state index contributed by atoms with van der Waals surface area (Å²) in [6.07, 6.45) is 1.10. The SMILES string of the molecule is O=C(NCC1CN(CCc2ccccc2)CCO1)c1ccccc1. The lowest BCUT2D eigenvalue weighted by Gasteiger charge is -2.33. The third kappa shape index (κ3) is 4.91. The summed E-state index contributed by atoms with van der Waals surface area (Å²) in [5, 5.41) is 2.97. The minimum Gasteiger partial charge on any atom is -0.374 e. The Kier molecular flexibility index (Phi) is 5.99. The molecule has 0 radical (unpaired) electrons. The number of ether oxygens (including phenoxy) is 1. The van der Waals surface area contributed by atoms with E-state index in [4.69, 9.17) is 4.74 Å². The molecule has 0 aromatic heterocycles. The van der Waals surface area contributed by atoms with Crippen molar-refractivity contribution in [3.63, 3.8) is 0 Å². The minimum atomic E-state index is -0.0411. The standard InChI is InChI=1S/C20H24N2O2/c23-20(18-9-5-2-6-10-18)21-15-19-16-22(13-14-24-19)12-11-17-7-3-1-4-8-17/h1-10,19H,11-16H2,(H,21,23). The Hall–Kier alpha value is -2.17. The minimum absolute atomic E-state index is 0.0411. The van der Waals surface area contributed by atoms with Crippen molar-refractivity contribution in [3.8, 4) is 0 Å². The predicted octanol–water partition coefficient (Wildman–Crippen LogP) is 2.36. The van der Waals surface area contributed by atoms with Crippen LogP contribution in [0.3, 0.4) is 0 Å². The van der Waals surface area contributed by atoms with Gasteiger partial charge in [0.1, 0.15) is 0 Å². The number of nitrogens with one attached hydrogen (secondary N) is 1. The molecule has 1 atom stereocenters. The van der Waals surface area contributed by atoms with Crippen LogP contribution in [-0.4, -0.2) is 49.7 Å². The smallest absolute Gasteiger partial charge is 0.251 e. The first-order chi connectivity index (χ1) is 11.8. The van der Waals surface area contributed by atoms with Gasteiger partial charge in [0.25, 0.3) is 5.91 Å². The van der Waals surface area contributed by atoms with Crippen LogP contribution in [0.15, 0.2) is 60.7 Å². The van der Waals surface area contributed by atoms with E-state index in [-0.39, 0.29) is 12.0 Å². The summed E-state index contributed by atoms with van der Waals surface area (Å²) in [4.78, 5) is 14.5. The summed E-state index contributed by atoms with van der Waals surface area (Å²) >= 11 is 0. The van der Waals surface area contributed by atoms with Crippen LogP contribution in [0.5, 0.6) is 0 Å². The zero-order valence-electron chi connectivity index (χ0n) is 13.9. The highest BCUT2D eigenvalue weighted by Crippen LogP contribution is 2.08. The highest BCUT2D eigenvalue weighted by molar-refractivity contribution is 5.94. The maximum atomic E-state index is 12.1. The molecule has 1 aliphatic heterocycles. The van der Waals surface area contributed by atoms with Crippen molar-refractivity contribution < 1.29 is 9.53 Å².